The standard InChI is InChI=1S/C41H48N8O7/c1-22(2)33(46-40(52)53)38(50)49-20-8-11-31(49)37-43-28-9-6-12-32(35(28)45-37)56-26-16-13-24(14-17-26)25-15-18-27-29(21-25)44-36(42-27)30-10-7-19-48(30)39(51)34(23(3)4)47-41(54)55-5/h6,9,12-18,21-23,30-31,33-34,46H,7-8,10-11,19-20H2,1-5H3,(H,42,44)(H,43,45)(H,47,54)(H,52,53)/t30-,31-,33-,34-/m0/s1. The van der Waals surface area contributed by atoms with Gasteiger partial charge in [0.1, 0.15) is 35.0 Å². The minimum Gasteiger partial charge on any atom is -0.465 e. The van der Waals surface area contributed by atoms with E-state index in [9.17, 15) is 24.3 Å². The summed E-state index contributed by atoms with van der Waals surface area (Å²) in [7, 11) is 1.28. The monoisotopic (exact) mass is 764 g/mol. The predicted octanol–water partition coefficient (Wildman–Crippen LogP) is 6.90. The van der Waals surface area contributed by atoms with Crippen LogP contribution in [0.1, 0.15) is 77.1 Å². The number of carbonyl (C=O) groups excluding carboxylic acids is 3. The average Bonchev–Trinajstić information content (AvgIpc) is 4.00. The van der Waals surface area contributed by atoms with Crippen molar-refractivity contribution in [2.45, 2.75) is 77.5 Å². The van der Waals surface area contributed by atoms with Gasteiger partial charge in [0.05, 0.1) is 35.7 Å². The van der Waals surface area contributed by atoms with Crippen LogP contribution in [0.5, 0.6) is 11.5 Å². The van der Waals surface area contributed by atoms with E-state index in [-0.39, 0.29) is 35.7 Å². The maximum absolute atomic E-state index is 13.6. The molecule has 15 nitrogen and oxygen atoms in total. The molecule has 2 saturated heterocycles. The van der Waals surface area contributed by atoms with Gasteiger partial charge < -0.3 is 45.0 Å². The van der Waals surface area contributed by atoms with Crippen molar-refractivity contribution >= 4 is 46.1 Å². The van der Waals surface area contributed by atoms with E-state index in [1.807, 2.05) is 88.4 Å². The van der Waals surface area contributed by atoms with Crippen LogP contribution >= 0.6 is 0 Å². The maximum Gasteiger partial charge on any atom is 0.407 e. The van der Waals surface area contributed by atoms with Gasteiger partial charge in [0.15, 0.2) is 5.75 Å². The number of benzene rings is 3. The molecule has 0 radical (unpaired) electrons. The van der Waals surface area contributed by atoms with Gasteiger partial charge in [0, 0.05) is 13.1 Å². The summed E-state index contributed by atoms with van der Waals surface area (Å²) in [6.45, 7) is 8.53. The average molecular weight is 765 g/mol. The Morgan fingerprint density at radius 3 is 1.96 bits per heavy atom. The van der Waals surface area contributed by atoms with E-state index in [0.717, 1.165) is 46.9 Å². The Hall–Kier alpha value is -6.12. The fourth-order valence-electron chi connectivity index (χ4n) is 7.80. The number of rotatable bonds is 11. The molecule has 0 bridgehead atoms. The smallest absolute Gasteiger partial charge is 0.407 e. The third-order valence-electron chi connectivity index (χ3n) is 10.7. The second-order valence-electron chi connectivity index (χ2n) is 15.2. The van der Waals surface area contributed by atoms with Crippen LogP contribution in [0.4, 0.5) is 9.59 Å². The van der Waals surface area contributed by atoms with Crippen molar-refractivity contribution in [1.29, 1.82) is 0 Å². The molecule has 4 heterocycles. The zero-order valence-electron chi connectivity index (χ0n) is 32.2. The molecule has 7 rings (SSSR count). The largest absolute Gasteiger partial charge is 0.465 e. The van der Waals surface area contributed by atoms with Gasteiger partial charge in [-0.15, -0.1) is 0 Å². The van der Waals surface area contributed by atoms with Crippen LogP contribution in [0, 0.1) is 11.8 Å². The first kappa shape index (κ1) is 38.2. The first-order valence-electron chi connectivity index (χ1n) is 19.1. The molecule has 2 aromatic heterocycles. The quantitative estimate of drug-likeness (QED) is 0.0951. The number of nitrogens with zero attached hydrogens (tertiary/aromatic N) is 4. The maximum atomic E-state index is 13.6. The first-order valence-corrected chi connectivity index (χ1v) is 19.1. The van der Waals surface area contributed by atoms with E-state index < -0.39 is 24.3 Å². The summed E-state index contributed by atoms with van der Waals surface area (Å²) in [5, 5.41) is 14.4. The summed E-state index contributed by atoms with van der Waals surface area (Å²) in [5.41, 5.74) is 4.99. The molecule has 2 aliphatic rings. The van der Waals surface area contributed by atoms with Gasteiger partial charge in [-0.05, 0) is 85.0 Å². The van der Waals surface area contributed by atoms with Gasteiger partial charge >= 0.3 is 12.2 Å². The lowest BCUT2D eigenvalue weighted by atomic mass is 10.0. The molecule has 4 amide bonds. The van der Waals surface area contributed by atoms with Crippen molar-refractivity contribution in [1.82, 2.24) is 40.4 Å². The summed E-state index contributed by atoms with van der Waals surface area (Å²) in [5.74, 6) is 1.79. The molecular weight excluding hydrogens is 716 g/mol. The molecule has 0 saturated carbocycles. The van der Waals surface area contributed by atoms with Crippen LogP contribution in [0.25, 0.3) is 33.2 Å². The second-order valence-corrected chi connectivity index (χ2v) is 15.2. The summed E-state index contributed by atoms with van der Waals surface area (Å²) in [6, 6.07) is 17.3. The van der Waals surface area contributed by atoms with Crippen LogP contribution in [0.15, 0.2) is 60.7 Å². The summed E-state index contributed by atoms with van der Waals surface area (Å²) >= 11 is 0. The fraction of sp³-hybridized carbons (Fsp3) is 0.415. The highest BCUT2D eigenvalue weighted by atomic mass is 16.5. The van der Waals surface area contributed by atoms with Crippen LogP contribution in [-0.4, -0.2) is 91.1 Å². The topological polar surface area (TPSA) is 195 Å². The molecular formula is C41H48N8O7. The summed E-state index contributed by atoms with van der Waals surface area (Å²) < 4.78 is 11.1. The number of fused-ring (bicyclic) bond motifs is 2. The molecule has 4 atom stereocenters. The van der Waals surface area contributed by atoms with Crippen molar-refractivity contribution in [3.05, 3.63) is 72.3 Å². The molecule has 0 aliphatic carbocycles. The Kier molecular flexibility index (Phi) is 10.9. The van der Waals surface area contributed by atoms with Gasteiger partial charge in [-0.2, -0.15) is 0 Å². The number of likely N-dealkylation sites (tertiary alicyclic amines) is 2. The highest BCUT2D eigenvalue weighted by molar-refractivity contribution is 5.88. The van der Waals surface area contributed by atoms with Gasteiger partial charge in [-0.25, -0.2) is 19.6 Å². The lowest BCUT2D eigenvalue weighted by Crippen LogP contribution is -2.51. The number of carboxylic acid groups (broad SMARTS) is 1. The number of imidazole rings is 2. The Morgan fingerprint density at radius 1 is 0.768 bits per heavy atom. The Balaban J connectivity index is 1.06. The van der Waals surface area contributed by atoms with Crippen LogP contribution in [0.3, 0.4) is 0 Å². The third kappa shape index (κ3) is 7.70. The molecule has 3 aromatic carbocycles. The minimum absolute atomic E-state index is 0.119. The van der Waals surface area contributed by atoms with Crippen molar-refractivity contribution in [2.24, 2.45) is 11.8 Å². The number of ether oxygens (including phenoxy) is 2. The minimum atomic E-state index is -1.23. The molecule has 0 spiro atoms. The van der Waals surface area contributed by atoms with E-state index in [2.05, 4.69) is 20.6 Å². The number of amides is 4. The number of para-hydroxylation sites is 1. The van der Waals surface area contributed by atoms with Gasteiger partial charge in [-0.3, -0.25) is 9.59 Å². The number of carbonyl (C=O) groups is 4. The number of nitrogens with one attached hydrogen (secondary N) is 4. The number of H-pyrrole nitrogens is 2. The lowest BCUT2D eigenvalue weighted by Gasteiger charge is -2.29. The van der Waals surface area contributed by atoms with Crippen molar-refractivity contribution in [2.75, 3.05) is 20.2 Å². The number of methoxy groups -OCH3 is 1. The van der Waals surface area contributed by atoms with Gasteiger partial charge in [-0.1, -0.05) is 52.0 Å². The number of aromatic nitrogens is 4. The van der Waals surface area contributed by atoms with Gasteiger partial charge in [0.2, 0.25) is 11.8 Å². The number of hydrogen-bond acceptors (Lipinski definition) is 8. The lowest BCUT2D eigenvalue weighted by molar-refractivity contribution is -0.136. The second kappa shape index (κ2) is 15.9. The normalized spacial score (nSPS) is 18.1. The van der Waals surface area contributed by atoms with Crippen molar-refractivity contribution in [3.8, 4) is 22.6 Å². The number of hydrogen-bond donors (Lipinski definition) is 5. The van der Waals surface area contributed by atoms with Crippen molar-refractivity contribution < 1.29 is 33.8 Å². The Morgan fingerprint density at radius 2 is 1.36 bits per heavy atom. The van der Waals surface area contributed by atoms with Crippen LogP contribution < -0.4 is 15.4 Å². The third-order valence-corrected chi connectivity index (χ3v) is 10.7. The molecule has 2 fully saturated rings. The predicted molar refractivity (Wildman–Crippen MR) is 209 cm³/mol. The van der Waals surface area contributed by atoms with Crippen LogP contribution in [0.2, 0.25) is 0 Å². The van der Waals surface area contributed by atoms with E-state index in [0.29, 0.717) is 48.2 Å². The number of aromatic amines is 2. The molecule has 294 valence electrons. The van der Waals surface area contributed by atoms with E-state index >= 15 is 0 Å². The molecule has 2 aliphatic heterocycles. The summed E-state index contributed by atoms with van der Waals surface area (Å²) in [6.07, 6.45) is 1.23. The summed E-state index contributed by atoms with van der Waals surface area (Å²) in [4.78, 5) is 70.6. The van der Waals surface area contributed by atoms with Crippen LogP contribution in [-0.2, 0) is 14.3 Å². The van der Waals surface area contributed by atoms with E-state index in [1.165, 1.54) is 7.11 Å². The highest BCUT2D eigenvalue weighted by Gasteiger charge is 2.39. The first-order chi connectivity index (χ1) is 26.9. The molecule has 56 heavy (non-hydrogen) atoms. The number of alkyl carbamates (subject to hydrolysis) is 1. The molecule has 15 heteroatoms. The Bertz CT molecular complexity index is 2250. The van der Waals surface area contributed by atoms with E-state index in [1.54, 1.807) is 9.80 Å². The van der Waals surface area contributed by atoms with Gasteiger partial charge in [0.25, 0.3) is 0 Å². The SMILES string of the molecule is COC(=O)N[C@H](C(=O)N1CCC[C@H]1c1nc2cc(-c3ccc(Oc4cccc5[nH]c([C@@H]6CCCN6C(=O)[C@@H](NC(=O)O)C(C)C)nc45)cc3)ccc2[nH]1)C(C)C. The van der Waals surface area contributed by atoms with Crippen molar-refractivity contribution in [3.63, 3.8) is 0 Å². The fourth-order valence-corrected chi connectivity index (χ4v) is 7.80. The Labute approximate surface area is 324 Å². The molecule has 5 aromatic rings. The molecule has 0 unspecified atom stereocenters. The van der Waals surface area contributed by atoms with E-state index in [4.69, 9.17) is 19.4 Å². The zero-order chi connectivity index (χ0) is 39.7. The molecule has 5 N–H and O–H groups in total. The zero-order valence-corrected chi connectivity index (χ0v) is 32.2. The highest BCUT2D eigenvalue weighted by Crippen LogP contribution is 2.37.